The predicted octanol–water partition coefficient (Wildman–Crippen LogP) is 3.55. The van der Waals surface area contributed by atoms with Gasteiger partial charge in [-0.15, -0.1) is 0 Å². The van der Waals surface area contributed by atoms with Crippen molar-refractivity contribution in [1.29, 1.82) is 0 Å². The molecule has 0 aromatic heterocycles. The van der Waals surface area contributed by atoms with Crippen molar-refractivity contribution in [3.05, 3.63) is 65.2 Å². The summed E-state index contributed by atoms with van der Waals surface area (Å²) in [5.41, 5.74) is 1.51. The Bertz CT molecular complexity index is 1000. The minimum absolute atomic E-state index is 0.154. The molecule has 3 rings (SSSR count). The van der Waals surface area contributed by atoms with Crippen LogP contribution in [0, 0.1) is 11.8 Å². The first-order chi connectivity index (χ1) is 14.9. The van der Waals surface area contributed by atoms with Gasteiger partial charge in [0, 0.05) is 37.8 Å². The lowest BCUT2D eigenvalue weighted by atomic mass is 10.1. The van der Waals surface area contributed by atoms with Crippen LogP contribution in [0.4, 0.5) is 18.9 Å². The van der Waals surface area contributed by atoms with E-state index in [2.05, 4.69) is 27.5 Å². The number of hydrogen-bond donors (Lipinski definition) is 2. The molecule has 8 heteroatoms. The highest BCUT2D eigenvalue weighted by Gasteiger charge is 2.30. The molecule has 2 N–H and O–H groups in total. The maximum absolute atomic E-state index is 12.7. The van der Waals surface area contributed by atoms with Crippen molar-refractivity contribution in [2.24, 2.45) is 4.99 Å². The maximum Gasteiger partial charge on any atom is 0.416 e. The molecule has 0 radical (unpaired) electrons. The molecule has 1 aliphatic rings. The lowest BCUT2D eigenvalue weighted by Gasteiger charge is -2.16. The summed E-state index contributed by atoms with van der Waals surface area (Å²) in [5.74, 6) is 6.20. The molecule has 0 unspecified atom stereocenters. The van der Waals surface area contributed by atoms with Crippen LogP contribution < -0.4 is 15.5 Å². The summed E-state index contributed by atoms with van der Waals surface area (Å²) in [7, 11) is 1.62. The number of alkyl halides is 3. The first-order valence-electron chi connectivity index (χ1n) is 9.87. The van der Waals surface area contributed by atoms with Crippen LogP contribution >= 0.6 is 0 Å². The molecule has 1 aliphatic heterocycles. The number of carbonyl (C=O) groups excluding carboxylic acids is 1. The van der Waals surface area contributed by atoms with Gasteiger partial charge in [0.1, 0.15) is 0 Å². The van der Waals surface area contributed by atoms with Gasteiger partial charge in [-0.1, -0.05) is 30.0 Å². The number of aliphatic imine (C=N–C) groups is 1. The van der Waals surface area contributed by atoms with Gasteiger partial charge in [-0.05, 0) is 42.3 Å². The Morgan fingerprint density at radius 2 is 1.94 bits per heavy atom. The van der Waals surface area contributed by atoms with Crippen LogP contribution in [0.5, 0.6) is 0 Å². The Labute approximate surface area is 179 Å². The van der Waals surface area contributed by atoms with Crippen LogP contribution in [0.15, 0.2) is 53.5 Å². The van der Waals surface area contributed by atoms with Crippen LogP contribution in [0.25, 0.3) is 0 Å². The molecule has 1 fully saturated rings. The number of hydrogen-bond acceptors (Lipinski definition) is 2. The highest BCUT2D eigenvalue weighted by atomic mass is 19.4. The van der Waals surface area contributed by atoms with Gasteiger partial charge in [0.05, 0.1) is 12.1 Å². The topological polar surface area (TPSA) is 56.7 Å². The molecule has 0 aliphatic carbocycles. The van der Waals surface area contributed by atoms with Crippen molar-refractivity contribution in [1.82, 2.24) is 10.6 Å². The van der Waals surface area contributed by atoms with Gasteiger partial charge in [0.25, 0.3) is 0 Å². The third kappa shape index (κ3) is 6.25. The van der Waals surface area contributed by atoms with E-state index in [1.807, 2.05) is 24.3 Å². The molecule has 31 heavy (non-hydrogen) atoms. The molecule has 1 heterocycles. The predicted molar refractivity (Wildman–Crippen MR) is 115 cm³/mol. The third-order valence-electron chi connectivity index (χ3n) is 4.77. The van der Waals surface area contributed by atoms with Gasteiger partial charge in [0.2, 0.25) is 5.91 Å². The number of halogens is 3. The van der Waals surface area contributed by atoms with Gasteiger partial charge < -0.3 is 15.5 Å². The lowest BCUT2D eigenvalue weighted by molar-refractivity contribution is -0.137. The smallest absolute Gasteiger partial charge is 0.352 e. The van der Waals surface area contributed by atoms with E-state index < -0.39 is 11.7 Å². The number of amides is 1. The fourth-order valence-corrected chi connectivity index (χ4v) is 3.17. The van der Waals surface area contributed by atoms with Gasteiger partial charge in [0.15, 0.2) is 5.96 Å². The van der Waals surface area contributed by atoms with Crippen molar-refractivity contribution in [2.75, 3.05) is 25.0 Å². The number of guanidine groups is 1. The van der Waals surface area contributed by atoms with E-state index in [0.717, 1.165) is 36.3 Å². The van der Waals surface area contributed by atoms with Crippen LogP contribution in [0.3, 0.4) is 0 Å². The number of nitrogens with one attached hydrogen (secondary N) is 2. The monoisotopic (exact) mass is 428 g/mol. The quantitative estimate of drug-likeness (QED) is 0.445. The van der Waals surface area contributed by atoms with Gasteiger partial charge in [-0.25, -0.2) is 0 Å². The molecular weight excluding hydrogens is 405 g/mol. The minimum Gasteiger partial charge on any atom is -0.352 e. The Balaban J connectivity index is 1.48. The summed E-state index contributed by atoms with van der Waals surface area (Å²) in [6.45, 7) is 1.51. The third-order valence-corrected chi connectivity index (χ3v) is 4.77. The SMILES string of the molecule is CN=C(NCC#Cc1cccc(C(F)(F)F)c1)NCc1ccc(N2CCCC2=O)cc1. The zero-order valence-electron chi connectivity index (χ0n) is 17.1. The molecule has 0 atom stereocenters. The summed E-state index contributed by atoms with van der Waals surface area (Å²) in [5, 5.41) is 6.16. The van der Waals surface area contributed by atoms with E-state index >= 15 is 0 Å². The van der Waals surface area contributed by atoms with Crippen LogP contribution in [0.1, 0.15) is 29.5 Å². The number of benzene rings is 2. The molecule has 1 saturated heterocycles. The van der Waals surface area contributed by atoms with E-state index in [4.69, 9.17) is 0 Å². The molecule has 2 aromatic carbocycles. The number of rotatable bonds is 4. The summed E-state index contributed by atoms with van der Waals surface area (Å²) >= 11 is 0. The molecule has 0 bridgehead atoms. The normalized spacial score (nSPS) is 14.3. The van der Waals surface area contributed by atoms with E-state index in [-0.39, 0.29) is 12.5 Å². The highest BCUT2D eigenvalue weighted by molar-refractivity contribution is 5.95. The van der Waals surface area contributed by atoms with Gasteiger partial charge in [-0.2, -0.15) is 13.2 Å². The molecule has 162 valence electrons. The van der Waals surface area contributed by atoms with Crippen molar-refractivity contribution in [3.63, 3.8) is 0 Å². The van der Waals surface area contributed by atoms with Crippen LogP contribution in [-0.4, -0.2) is 32.0 Å². The molecule has 0 saturated carbocycles. The van der Waals surface area contributed by atoms with Crippen LogP contribution in [-0.2, 0) is 17.5 Å². The fraction of sp³-hybridized carbons (Fsp3) is 0.304. The molecule has 5 nitrogen and oxygen atoms in total. The maximum atomic E-state index is 12.7. The Kier molecular flexibility index (Phi) is 7.19. The van der Waals surface area contributed by atoms with E-state index in [0.29, 0.717) is 24.5 Å². The number of nitrogens with zero attached hydrogens (tertiary/aromatic N) is 2. The van der Waals surface area contributed by atoms with Gasteiger partial charge in [-0.3, -0.25) is 9.79 Å². The molecule has 1 amide bonds. The van der Waals surface area contributed by atoms with Crippen molar-refractivity contribution in [3.8, 4) is 11.8 Å². The second-order valence-electron chi connectivity index (χ2n) is 6.98. The van der Waals surface area contributed by atoms with Crippen molar-refractivity contribution < 1.29 is 18.0 Å². The second kappa shape index (κ2) is 10.0. The second-order valence-corrected chi connectivity index (χ2v) is 6.98. The number of carbonyl (C=O) groups is 1. The highest BCUT2D eigenvalue weighted by Crippen LogP contribution is 2.29. The fourth-order valence-electron chi connectivity index (χ4n) is 3.17. The average molecular weight is 428 g/mol. The Hall–Kier alpha value is -3.47. The average Bonchev–Trinajstić information content (AvgIpc) is 3.19. The Morgan fingerprint density at radius 3 is 2.58 bits per heavy atom. The zero-order chi connectivity index (χ0) is 22.3. The zero-order valence-corrected chi connectivity index (χ0v) is 17.1. The summed E-state index contributed by atoms with van der Waals surface area (Å²) in [4.78, 5) is 17.7. The molecule has 2 aromatic rings. The Morgan fingerprint density at radius 1 is 1.16 bits per heavy atom. The van der Waals surface area contributed by atoms with Gasteiger partial charge >= 0.3 is 6.18 Å². The minimum atomic E-state index is -4.38. The first kappa shape index (κ1) is 22.2. The van der Waals surface area contributed by atoms with Crippen molar-refractivity contribution in [2.45, 2.75) is 25.6 Å². The standard InChI is InChI=1S/C23H23F3N4O/c1-27-22(28-13-3-6-17-5-2-7-19(15-17)23(24,25)26)29-16-18-9-11-20(12-10-18)30-14-4-8-21(30)31/h2,5,7,9-12,15H,4,8,13-14,16H2,1H3,(H2,27,28,29). The van der Waals surface area contributed by atoms with E-state index in [9.17, 15) is 18.0 Å². The van der Waals surface area contributed by atoms with Crippen molar-refractivity contribution >= 4 is 17.6 Å². The largest absolute Gasteiger partial charge is 0.416 e. The van der Waals surface area contributed by atoms with E-state index in [1.165, 1.54) is 12.1 Å². The summed E-state index contributed by atoms with van der Waals surface area (Å²) < 4.78 is 38.2. The van der Waals surface area contributed by atoms with Crippen LogP contribution in [0.2, 0.25) is 0 Å². The lowest BCUT2D eigenvalue weighted by Crippen LogP contribution is -2.36. The molecule has 0 spiro atoms. The van der Waals surface area contributed by atoms with E-state index in [1.54, 1.807) is 11.9 Å². The first-order valence-corrected chi connectivity index (χ1v) is 9.87. The number of anilines is 1. The summed E-state index contributed by atoms with van der Waals surface area (Å²) in [6.07, 6.45) is -2.90. The summed E-state index contributed by atoms with van der Waals surface area (Å²) in [6, 6.07) is 12.7. The molecular formula is C23H23F3N4O.